The van der Waals surface area contributed by atoms with Gasteiger partial charge in [-0.1, -0.05) is 116 Å². The van der Waals surface area contributed by atoms with Crippen LogP contribution in [0, 0.1) is 35.3 Å². The van der Waals surface area contributed by atoms with Crippen molar-refractivity contribution in [3.8, 4) is 22.3 Å². The minimum atomic E-state index is -1.06. The summed E-state index contributed by atoms with van der Waals surface area (Å²) in [7, 11) is 5.03. The van der Waals surface area contributed by atoms with Gasteiger partial charge in [0.25, 0.3) is 0 Å². The number of methoxy groups -OCH3 is 4. The summed E-state index contributed by atoms with van der Waals surface area (Å²) in [4.78, 5) is 145. The lowest BCUT2D eigenvalue weighted by Gasteiger charge is -2.30. The lowest BCUT2D eigenvalue weighted by atomic mass is 9.93. The van der Waals surface area contributed by atoms with Crippen LogP contribution in [0.3, 0.4) is 0 Å². The molecule has 0 aliphatic carbocycles. The summed E-state index contributed by atoms with van der Waals surface area (Å²) in [5.41, 5.74) is 10.4. The Morgan fingerprint density at radius 2 is 0.762 bits per heavy atom. The molecule has 10 aromatic rings. The van der Waals surface area contributed by atoms with Crippen molar-refractivity contribution in [2.24, 2.45) is 33.7 Å². The number of hydrogen-bond donors (Lipinski definition) is 7. The Labute approximate surface area is 728 Å². The number of carboxylic acid groups (broad SMARTS) is 1. The zero-order valence-electron chi connectivity index (χ0n) is 73.7. The molecule has 29 nitrogen and oxygen atoms in total. The van der Waals surface area contributed by atoms with Gasteiger partial charge in [-0.25, -0.2) is 47.5 Å². The molecule has 0 radical (unpaired) electrons. The fourth-order valence-corrected chi connectivity index (χ4v) is 18.3. The number of halogens is 2. The summed E-state index contributed by atoms with van der Waals surface area (Å²) in [5.74, 6) is -1.30. The molecule has 31 heteroatoms. The van der Waals surface area contributed by atoms with E-state index in [0.717, 1.165) is 157 Å². The van der Waals surface area contributed by atoms with Crippen LogP contribution in [0.1, 0.15) is 162 Å². The lowest BCUT2D eigenvalue weighted by molar-refractivity contribution is -0.140. The van der Waals surface area contributed by atoms with Crippen molar-refractivity contribution >= 4 is 142 Å². The zero-order chi connectivity index (χ0) is 90.2. The summed E-state index contributed by atoms with van der Waals surface area (Å²) in [6.45, 7) is 22.7. The van der Waals surface area contributed by atoms with E-state index in [4.69, 9.17) is 44.0 Å². The van der Waals surface area contributed by atoms with E-state index in [-0.39, 0.29) is 83.3 Å². The van der Waals surface area contributed by atoms with Gasteiger partial charge in [-0.3, -0.25) is 29.3 Å². The highest BCUT2D eigenvalue weighted by Gasteiger charge is 2.44. The quantitative estimate of drug-likeness (QED) is 0.0392. The van der Waals surface area contributed by atoms with Crippen molar-refractivity contribution in [2.75, 3.05) is 54.6 Å². The first-order valence-electron chi connectivity index (χ1n) is 43.2. The average Bonchev–Trinajstić information content (AvgIpc) is 1.55. The largest absolute Gasteiger partial charge is 0.480 e. The number of nitrogens with zero attached hydrogens (tertiary/aromatic N) is 8. The van der Waals surface area contributed by atoms with Crippen LogP contribution < -0.4 is 21.3 Å². The Bertz CT molecular complexity index is 6010. The number of carbonyl (C=O) groups excluding carboxylic acids is 8. The second-order valence-electron chi connectivity index (χ2n) is 35.4. The molecular weight excluding hydrogens is 1620 g/mol. The molecule has 0 saturated carbocycles. The highest BCUT2D eigenvalue weighted by atomic mass is 19.1. The number of H-pyrrole nitrogens is 2. The molecule has 7 N–H and O–H groups in total. The highest BCUT2D eigenvalue weighted by Crippen LogP contribution is 2.45. The Morgan fingerprint density at radius 1 is 0.429 bits per heavy atom. The van der Waals surface area contributed by atoms with Gasteiger partial charge in [0, 0.05) is 83.1 Å². The number of carbonyl (C=O) groups is 9. The monoisotopic (exact) mass is 1720 g/mol. The SMILES string of the molecule is COC(=O)N[C@H](C(=O)N1CCC[C@H]1C1=Nc2ccc3c(F)c(-c4ccc5c(ccc6[nH]c([C@@H]7CCCN7C(=O)OC(C)(C)C)nc65)c4)ccc3c2C1)C(C)C.COC(=O)N[C@H](C(=O)N1CCC[C@H]1C1=Nc2ccc3c(F)c(-c4ccc5c(ccc6[nH]c([C@@H]7CCCN7C(=O)[C@@H](NC(=O)OC)C(C)C)nc65)c4)ccc3c2C1)C(C)C.COC(=O)N[C@H](C(=O)O)C(C)C. The number of hydrogen-bond acceptors (Lipinski definition) is 18. The van der Waals surface area contributed by atoms with Gasteiger partial charge in [0.2, 0.25) is 17.7 Å². The van der Waals surface area contributed by atoms with Gasteiger partial charge in [-0.2, -0.15) is 0 Å². The Kier molecular flexibility index (Phi) is 26.4. The molecule has 8 aromatic carbocycles. The van der Waals surface area contributed by atoms with E-state index in [1.807, 2.05) is 169 Å². The number of ether oxygens (including phenoxy) is 5. The lowest BCUT2D eigenvalue weighted by Crippen LogP contribution is -2.53. The minimum absolute atomic E-state index is 0.126. The van der Waals surface area contributed by atoms with E-state index < -0.39 is 60.1 Å². The number of amides is 8. The topological polar surface area (TPSA) is 363 Å². The van der Waals surface area contributed by atoms with Crippen molar-refractivity contribution in [2.45, 2.75) is 194 Å². The molecule has 16 rings (SSSR count). The predicted molar refractivity (Wildman–Crippen MR) is 477 cm³/mol. The number of nitrogens with one attached hydrogen (secondary N) is 6. The van der Waals surface area contributed by atoms with Crippen molar-refractivity contribution in [3.05, 3.63) is 144 Å². The number of aliphatic imine (C=N–C) groups is 2. The molecule has 4 fully saturated rings. The van der Waals surface area contributed by atoms with E-state index >= 15 is 8.78 Å². The molecule has 2 aromatic heterocycles. The van der Waals surface area contributed by atoms with E-state index in [1.165, 1.54) is 28.4 Å². The van der Waals surface area contributed by atoms with Crippen LogP contribution >= 0.6 is 0 Å². The van der Waals surface area contributed by atoms with Gasteiger partial charge in [-0.15, -0.1) is 0 Å². The third kappa shape index (κ3) is 18.2. The van der Waals surface area contributed by atoms with Crippen molar-refractivity contribution in [3.63, 3.8) is 0 Å². The second kappa shape index (κ2) is 37.2. The number of benzene rings is 8. The summed E-state index contributed by atoms with van der Waals surface area (Å²) in [6.07, 6.45) is 4.45. The number of fused-ring (bicyclic) bond motifs is 12. The van der Waals surface area contributed by atoms with Crippen LogP contribution in [0.25, 0.3) is 87.4 Å². The fraction of sp³-hybridized carbons (Fsp3) is 0.442. The van der Waals surface area contributed by atoms with Gasteiger partial charge < -0.3 is 74.7 Å². The summed E-state index contributed by atoms with van der Waals surface area (Å²) in [5, 5.41) is 25.2. The highest BCUT2D eigenvalue weighted by molar-refractivity contribution is 6.11. The van der Waals surface area contributed by atoms with Gasteiger partial charge in [0.05, 0.1) is 86.0 Å². The maximum absolute atomic E-state index is 16.6. The first kappa shape index (κ1) is 89.4. The maximum atomic E-state index is 16.6. The zero-order valence-corrected chi connectivity index (χ0v) is 73.7. The van der Waals surface area contributed by atoms with E-state index in [9.17, 15) is 43.2 Å². The van der Waals surface area contributed by atoms with E-state index in [1.54, 1.807) is 35.8 Å². The number of alkyl carbamates (subject to hydrolysis) is 4. The normalized spacial score (nSPS) is 18.3. The fourth-order valence-electron chi connectivity index (χ4n) is 18.3. The van der Waals surface area contributed by atoms with Gasteiger partial charge >= 0.3 is 36.4 Å². The third-order valence-corrected chi connectivity index (χ3v) is 24.7. The number of carboxylic acids is 1. The smallest absolute Gasteiger partial charge is 0.410 e. The first-order chi connectivity index (χ1) is 60.2. The van der Waals surface area contributed by atoms with Crippen LogP contribution in [0.4, 0.5) is 44.1 Å². The number of imidazole rings is 2. The number of aliphatic carboxylic acids is 1. The molecule has 0 unspecified atom stereocenters. The van der Waals surface area contributed by atoms with Gasteiger partial charge in [-0.05, 0) is 188 Å². The van der Waals surface area contributed by atoms with Crippen LogP contribution in [0.15, 0.2) is 119 Å². The van der Waals surface area contributed by atoms with Crippen molar-refractivity contribution in [1.82, 2.24) is 60.8 Å². The Balaban J connectivity index is 0.000000181. The van der Waals surface area contributed by atoms with Crippen LogP contribution in [0.5, 0.6) is 0 Å². The van der Waals surface area contributed by atoms with Crippen molar-refractivity contribution < 1.29 is 80.7 Å². The van der Waals surface area contributed by atoms with E-state index in [0.29, 0.717) is 66.7 Å². The number of rotatable bonds is 18. The molecule has 8 heterocycles. The van der Waals surface area contributed by atoms with Gasteiger partial charge in [0.15, 0.2) is 0 Å². The number of aromatic amines is 2. The predicted octanol–water partition coefficient (Wildman–Crippen LogP) is 16.9. The molecule has 6 aliphatic rings. The maximum Gasteiger partial charge on any atom is 0.410 e. The van der Waals surface area contributed by atoms with Crippen LogP contribution in [0.2, 0.25) is 0 Å². The molecule has 8 atom stereocenters. The minimum Gasteiger partial charge on any atom is -0.480 e. The molecule has 4 saturated heterocycles. The average molecular weight is 1730 g/mol. The molecule has 126 heavy (non-hydrogen) atoms. The number of aromatic nitrogens is 4. The summed E-state index contributed by atoms with van der Waals surface area (Å²) in [6, 6.07) is 30.7. The molecule has 0 spiro atoms. The van der Waals surface area contributed by atoms with Gasteiger partial charge in [0.1, 0.15) is 53.1 Å². The number of likely N-dealkylation sites (tertiary alicyclic amines) is 4. The molecule has 6 aliphatic heterocycles. The Morgan fingerprint density at radius 3 is 1.12 bits per heavy atom. The summed E-state index contributed by atoms with van der Waals surface area (Å²) < 4.78 is 57.4. The Hall–Kier alpha value is -12.8. The second-order valence-corrected chi connectivity index (χ2v) is 35.4. The van der Waals surface area contributed by atoms with Crippen molar-refractivity contribution in [1.29, 1.82) is 0 Å². The molecule has 0 bridgehead atoms. The first-order valence-corrected chi connectivity index (χ1v) is 43.2. The molecular formula is C95H110F2N14O15. The molecule has 664 valence electrons. The standard InChI is InChI=1S/C45H50FN7O6.C43H47FN6O5.C7H13NO4/c1-23(2)38(50-44(56)58-5)42(54)52-19-7-9-35(52)34-22-31-29-15-14-27(37(46)30(29)16-18-32(31)47-34)25-11-13-28-26(21-25)12-17-33-40(28)49-41(48-33)36-10-8-20-53(36)43(55)39(24(3)4)51-45(57)59-6;1-23(2)37(48-41(52)54-6)40(51)49-19-7-9-34(49)33-22-30-28-15-14-26(36(44)29(28)16-18-31(30)45-33)24-11-13-27-25(21-24)12-17-32-38(27)47-39(46-32)35-10-8-20-50(35)42(53)55-43(3,4)5;1-4(2)5(6(9)10)8-7(11)12-3/h11-18,21,23-24,35-36,38-39H,7-10,19-20,22H2,1-6H3,(H,48,49)(H,50,56)(H,51,57);11-18,21,23,34-35,37H,7-10,19-20,22H2,1-6H3,(H,46,47)(H,48,52);4-5H,1-3H3,(H,8,11)(H,9,10)/t35-,36-,38-,39-;34-,35-,37-;5-/m000/s1. The van der Waals surface area contributed by atoms with Crippen LogP contribution in [-0.2, 0) is 55.7 Å². The molecule has 8 amide bonds. The van der Waals surface area contributed by atoms with E-state index in [2.05, 4.69) is 36.0 Å². The third-order valence-electron chi connectivity index (χ3n) is 24.7. The summed E-state index contributed by atoms with van der Waals surface area (Å²) >= 11 is 0. The van der Waals surface area contributed by atoms with Crippen LogP contribution in [-0.4, -0.2) is 207 Å².